The minimum Gasteiger partial charge on any atom is -0.481 e. The Kier molecular flexibility index (Phi) is 5.65. The van der Waals surface area contributed by atoms with Gasteiger partial charge in [0.05, 0.1) is 23.0 Å². The summed E-state index contributed by atoms with van der Waals surface area (Å²) in [6.07, 6.45) is 6.13. The molecule has 1 heterocycles. The van der Waals surface area contributed by atoms with Gasteiger partial charge < -0.3 is 4.74 Å². The molecule has 168 valence electrons. The van der Waals surface area contributed by atoms with Gasteiger partial charge in [-0.15, -0.1) is 0 Å². The van der Waals surface area contributed by atoms with E-state index in [0.29, 0.717) is 4.47 Å². The lowest BCUT2D eigenvalue weighted by Crippen LogP contribution is -2.28. The summed E-state index contributed by atoms with van der Waals surface area (Å²) in [6.45, 7) is 0.0946. The second-order valence-corrected chi connectivity index (χ2v) is 10.1. The average Bonchev–Trinajstić information content (AvgIpc) is 3.46. The highest BCUT2D eigenvalue weighted by Gasteiger charge is 2.59. The van der Waals surface area contributed by atoms with Crippen molar-refractivity contribution in [2.24, 2.45) is 28.8 Å². The molecule has 0 radical (unpaired) electrons. The second kappa shape index (κ2) is 8.49. The zero-order valence-corrected chi connectivity index (χ0v) is 20.2. The third-order valence-corrected chi connectivity index (χ3v) is 7.30. The van der Waals surface area contributed by atoms with Crippen LogP contribution in [0.3, 0.4) is 0 Å². The summed E-state index contributed by atoms with van der Waals surface area (Å²) in [5, 5.41) is 16.8. The minimum absolute atomic E-state index is 0.0101. The smallest absolute Gasteiger partial charge is 0.312 e. The Morgan fingerprint density at radius 3 is 2.30 bits per heavy atom. The van der Waals surface area contributed by atoms with Gasteiger partial charge in [-0.25, -0.2) is 0 Å². The number of hydrazone groups is 1. The molecule has 0 N–H and O–H groups in total. The Balaban J connectivity index is 1.44. The number of imide groups is 1. The Bertz CT molecular complexity index is 1200. The first kappa shape index (κ1) is 22.0. The summed E-state index contributed by atoms with van der Waals surface area (Å²) in [7, 11) is 0. The number of nitro benzene ring substituents is 1. The fraction of sp³-hybridized carbons (Fsp3) is 0.261. The van der Waals surface area contributed by atoms with E-state index in [4.69, 9.17) is 4.74 Å². The predicted molar refractivity (Wildman–Crippen MR) is 126 cm³/mol. The number of allylic oxidation sites excluding steroid dienone is 2. The van der Waals surface area contributed by atoms with Crippen molar-refractivity contribution in [3.8, 4) is 5.75 Å². The number of ether oxygens (including phenoxy) is 1. The number of nitrogens with zero attached hydrogens (tertiary/aromatic N) is 3. The van der Waals surface area contributed by atoms with Crippen molar-refractivity contribution in [1.82, 2.24) is 5.01 Å². The second-order valence-electron chi connectivity index (χ2n) is 8.25. The lowest BCUT2D eigenvalue weighted by molar-refractivity contribution is -0.386. The molecule has 10 heteroatoms. The van der Waals surface area contributed by atoms with Gasteiger partial charge in [0.1, 0.15) is 6.61 Å². The van der Waals surface area contributed by atoms with Crippen LogP contribution in [0.4, 0.5) is 5.69 Å². The summed E-state index contributed by atoms with van der Waals surface area (Å²) in [5.41, 5.74) is 0.854. The molecule has 1 saturated carbocycles. The van der Waals surface area contributed by atoms with E-state index in [-0.39, 0.29) is 59.1 Å². The van der Waals surface area contributed by atoms with Crippen molar-refractivity contribution in [3.05, 3.63) is 78.7 Å². The molecule has 0 unspecified atom stereocenters. The zero-order valence-electron chi connectivity index (χ0n) is 17.1. The maximum Gasteiger partial charge on any atom is 0.312 e. The van der Waals surface area contributed by atoms with Crippen LogP contribution in [0.1, 0.15) is 17.5 Å². The highest BCUT2D eigenvalue weighted by atomic mass is 79.9. The standard InChI is InChI=1S/C23H17Br2N3O5/c24-16-5-1-12(2-6-16)11-33-21-15(8-17(25)9-18(21)28(31)32)10-26-27-22(29)19-13-3-4-14(7-13)20(19)23(27)30/h1-6,8-10,13-14,19-20H,7,11H2/t13-,14-,19-,20+/m0/s1. The molecule has 2 bridgehead atoms. The van der Waals surface area contributed by atoms with Crippen LogP contribution < -0.4 is 4.74 Å². The topological polar surface area (TPSA) is 102 Å². The number of benzene rings is 2. The summed E-state index contributed by atoms with van der Waals surface area (Å²) in [6, 6.07) is 10.3. The fourth-order valence-corrected chi connectivity index (χ4v) is 5.57. The summed E-state index contributed by atoms with van der Waals surface area (Å²) < 4.78 is 7.18. The van der Waals surface area contributed by atoms with Crippen molar-refractivity contribution >= 4 is 55.6 Å². The number of carbonyl (C=O) groups excluding carboxylic acids is 2. The maximum atomic E-state index is 12.9. The number of fused-ring (bicyclic) bond motifs is 5. The maximum absolute atomic E-state index is 12.9. The van der Waals surface area contributed by atoms with Crippen LogP contribution in [0.25, 0.3) is 0 Å². The monoisotopic (exact) mass is 573 g/mol. The number of halogens is 2. The van der Waals surface area contributed by atoms with Crippen LogP contribution in [0.5, 0.6) is 5.75 Å². The molecular weight excluding hydrogens is 558 g/mol. The Morgan fingerprint density at radius 2 is 1.70 bits per heavy atom. The first-order valence-electron chi connectivity index (χ1n) is 10.3. The lowest BCUT2D eigenvalue weighted by Gasteiger charge is -2.13. The highest BCUT2D eigenvalue weighted by molar-refractivity contribution is 9.10. The zero-order chi connectivity index (χ0) is 23.3. The molecule has 1 saturated heterocycles. The molecule has 8 nitrogen and oxygen atoms in total. The molecule has 4 atom stereocenters. The Morgan fingerprint density at radius 1 is 1.06 bits per heavy atom. The largest absolute Gasteiger partial charge is 0.481 e. The molecule has 2 fully saturated rings. The Hall–Kier alpha value is -2.85. The van der Waals surface area contributed by atoms with Crippen LogP contribution in [-0.4, -0.2) is 28.0 Å². The van der Waals surface area contributed by atoms with Gasteiger partial charge >= 0.3 is 5.69 Å². The lowest BCUT2D eigenvalue weighted by atomic mass is 9.85. The van der Waals surface area contributed by atoms with Gasteiger partial charge in [0.2, 0.25) is 5.75 Å². The van der Waals surface area contributed by atoms with Crippen molar-refractivity contribution in [3.63, 3.8) is 0 Å². The molecule has 0 aromatic heterocycles. The SMILES string of the molecule is O=C1[C@@H]2[C@H](C(=O)N1N=Cc1cc(Br)cc([N+](=O)[O-])c1OCc1ccc(Br)cc1)[C@H]1C=C[C@H]2C1. The van der Waals surface area contributed by atoms with Crippen LogP contribution >= 0.6 is 31.9 Å². The third kappa shape index (κ3) is 3.91. The van der Waals surface area contributed by atoms with Crippen molar-refractivity contribution < 1.29 is 19.2 Å². The van der Waals surface area contributed by atoms with Gasteiger partial charge in [-0.1, -0.05) is 56.1 Å². The Labute approximate surface area is 205 Å². The number of hydrogen-bond acceptors (Lipinski definition) is 6. The van der Waals surface area contributed by atoms with Crippen molar-refractivity contribution in [1.29, 1.82) is 0 Å². The average molecular weight is 575 g/mol. The highest BCUT2D eigenvalue weighted by Crippen LogP contribution is 2.52. The van der Waals surface area contributed by atoms with Gasteiger partial charge in [0, 0.05) is 20.6 Å². The molecule has 2 amide bonds. The van der Waals surface area contributed by atoms with Crippen LogP contribution in [0, 0.1) is 33.8 Å². The molecule has 0 spiro atoms. The van der Waals surface area contributed by atoms with E-state index in [1.54, 1.807) is 6.07 Å². The molecule has 33 heavy (non-hydrogen) atoms. The van der Waals surface area contributed by atoms with E-state index in [1.165, 1.54) is 12.3 Å². The summed E-state index contributed by atoms with van der Waals surface area (Å²) in [5.74, 6) is -1.21. The van der Waals surface area contributed by atoms with Gasteiger partial charge in [-0.05, 0) is 42.0 Å². The molecule has 3 aliphatic rings. The number of hydrogen-bond donors (Lipinski definition) is 0. The molecule has 1 aliphatic heterocycles. The molecular formula is C23H17Br2N3O5. The van der Waals surface area contributed by atoms with Gasteiger partial charge in [0.25, 0.3) is 11.8 Å². The van der Waals surface area contributed by atoms with Crippen LogP contribution in [-0.2, 0) is 16.2 Å². The minimum atomic E-state index is -0.543. The van der Waals surface area contributed by atoms with Crippen molar-refractivity contribution in [2.75, 3.05) is 0 Å². The predicted octanol–water partition coefficient (Wildman–Crippen LogP) is 4.84. The van der Waals surface area contributed by atoms with Crippen LogP contribution in [0.2, 0.25) is 0 Å². The molecule has 2 aromatic rings. The summed E-state index contributed by atoms with van der Waals surface area (Å²) in [4.78, 5) is 36.9. The number of rotatable bonds is 6. The van der Waals surface area contributed by atoms with E-state index in [9.17, 15) is 19.7 Å². The quantitative estimate of drug-likeness (QED) is 0.161. The molecule has 5 rings (SSSR count). The number of nitro groups is 1. The van der Waals surface area contributed by atoms with E-state index in [1.807, 2.05) is 36.4 Å². The summed E-state index contributed by atoms with van der Waals surface area (Å²) >= 11 is 6.64. The van der Waals surface area contributed by atoms with E-state index < -0.39 is 4.92 Å². The van der Waals surface area contributed by atoms with Crippen LogP contribution in [0.15, 0.2) is 62.6 Å². The number of carbonyl (C=O) groups is 2. The van der Waals surface area contributed by atoms with E-state index in [2.05, 4.69) is 37.0 Å². The fourth-order valence-electron chi connectivity index (χ4n) is 4.85. The first-order valence-corrected chi connectivity index (χ1v) is 11.9. The third-order valence-electron chi connectivity index (χ3n) is 6.32. The normalized spacial score (nSPS) is 25.3. The van der Waals surface area contributed by atoms with Crippen molar-refractivity contribution in [2.45, 2.75) is 13.0 Å². The van der Waals surface area contributed by atoms with Gasteiger partial charge in [-0.3, -0.25) is 19.7 Å². The van der Waals surface area contributed by atoms with E-state index in [0.717, 1.165) is 21.5 Å². The number of amides is 2. The molecule has 2 aromatic carbocycles. The first-order chi connectivity index (χ1) is 15.8. The molecule has 2 aliphatic carbocycles. The van der Waals surface area contributed by atoms with Gasteiger partial charge in [-0.2, -0.15) is 10.1 Å². The van der Waals surface area contributed by atoms with E-state index >= 15 is 0 Å². The van der Waals surface area contributed by atoms with Gasteiger partial charge in [0.15, 0.2) is 0 Å².